The van der Waals surface area contributed by atoms with Gasteiger partial charge < -0.3 is 10.1 Å². The van der Waals surface area contributed by atoms with Gasteiger partial charge in [-0.2, -0.15) is 4.52 Å². The van der Waals surface area contributed by atoms with E-state index in [1.807, 2.05) is 24.3 Å². The van der Waals surface area contributed by atoms with Gasteiger partial charge in [0.05, 0.1) is 12.7 Å². The summed E-state index contributed by atoms with van der Waals surface area (Å²) in [6.45, 7) is 3.97. The normalized spacial score (nSPS) is 15.1. The number of anilines is 1. The Morgan fingerprint density at radius 3 is 2.55 bits per heavy atom. The summed E-state index contributed by atoms with van der Waals surface area (Å²) in [4.78, 5) is 2.50. The van der Waals surface area contributed by atoms with Crippen LogP contribution in [0.3, 0.4) is 0 Å². The third kappa shape index (κ3) is 4.80. The lowest BCUT2D eigenvalue weighted by Crippen LogP contribution is -2.35. The van der Waals surface area contributed by atoms with E-state index < -0.39 is 0 Å². The van der Waals surface area contributed by atoms with Crippen molar-refractivity contribution in [1.82, 2.24) is 24.7 Å². The SMILES string of the molecule is COc1ccc(CN2CCC(CNc3ccc4nnc(-c5ccccc5F)n4n3)CC2)cc1. The predicted molar refractivity (Wildman–Crippen MR) is 126 cm³/mol. The number of nitrogens with one attached hydrogen (secondary N) is 1. The minimum Gasteiger partial charge on any atom is -0.497 e. The van der Waals surface area contributed by atoms with Gasteiger partial charge in [-0.1, -0.05) is 24.3 Å². The van der Waals surface area contributed by atoms with E-state index in [2.05, 4.69) is 37.6 Å². The lowest BCUT2D eigenvalue weighted by atomic mass is 9.96. The van der Waals surface area contributed by atoms with Crippen LogP contribution in [-0.4, -0.2) is 51.5 Å². The fourth-order valence-electron chi connectivity index (χ4n) is 4.28. The first-order valence-corrected chi connectivity index (χ1v) is 11.3. The van der Waals surface area contributed by atoms with Crippen LogP contribution in [0.4, 0.5) is 10.2 Å². The molecular formula is C25H27FN6O. The Morgan fingerprint density at radius 2 is 1.79 bits per heavy atom. The van der Waals surface area contributed by atoms with Gasteiger partial charge in [-0.05, 0) is 73.8 Å². The summed E-state index contributed by atoms with van der Waals surface area (Å²) in [6.07, 6.45) is 2.27. The van der Waals surface area contributed by atoms with Crippen molar-refractivity contribution in [2.45, 2.75) is 19.4 Å². The lowest BCUT2D eigenvalue weighted by Gasteiger charge is -2.32. The molecule has 0 saturated carbocycles. The Morgan fingerprint density at radius 1 is 1.00 bits per heavy atom. The molecule has 5 rings (SSSR count). The number of halogens is 1. The van der Waals surface area contributed by atoms with Crippen molar-refractivity contribution in [2.24, 2.45) is 5.92 Å². The summed E-state index contributed by atoms with van der Waals surface area (Å²) in [7, 11) is 1.69. The maximum absolute atomic E-state index is 14.2. The Labute approximate surface area is 192 Å². The van der Waals surface area contributed by atoms with Crippen molar-refractivity contribution < 1.29 is 9.13 Å². The third-order valence-corrected chi connectivity index (χ3v) is 6.22. The van der Waals surface area contributed by atoms with Crippen molar-refractivity contribution in [3.8, 4) is 17.1 Å². The van der Waals surface area contributed by atoms with Crippen LogP contribution in [0.5, 0.6) is 5.75 Å². The largest absolute Gasteiger partial charge is 0.497 e. The molecule has 3 heterocycles. The maximum Gasteiger partial charge on any atom is 0.188 e. The molecule has 2 aromatic carbocycles. The molecule has 0 spiro atoms. The van der Waals surface area contributed by atoms with Gasteiger partial charge in [0.25, 0.3) is 0 Å². The van der Waals surface area contributed by atoms with Crippen LogP contribution in [0, 0.1) is 11.7 Å². The van der Waals surface area contributed by atoms with Crippen LogP contribution in [0.25, 0.3) is 17.0 Å². The molecule has 2 aromatic heterocycles. The van der Waals surface area contributed by atoms with Crippen LogP contribution in [0.2, 0.25) is 0 Å². The molecule has 0 radical (unpaired) electrons. The number of ether oxygens (including phenoxy) is 1. The van der Waals surface area contributed by atoms with Crippen LogP contribution in [0.15, 0.2) is 60.7 Å². The van der Waals surface area contributed by atoms with Crippen molar-refractivity contribution in [1.29, 1.82) is 0 Å². The van der Waals surface area contributed by atoms with Gasteiger partial charge in [0, 0.05) is 13.1 Å². The molecule has 4 aromatic rings. The zero-order valence-corrected chi connectivity index (χ0v) is 18.6. The number of nitrogens with zero attached hydrogens (tertiary/aromatic N) is 5. The highest BCUT2D eigenvalue weighted by Gasteiger charge is 2.20. The molecule has 8 heteroatoms. The minimum atomic E-state index is -0.339. The summed E-state index contributed by atoms with van der Waals surface area (Å²) in [5.41, 5.74) is 2.29. The van der Waals surface area contributed by atoms with Crippen LogP contribution in [0.1, 0.15) is 18.4 Å². The first-order chi connectivity index (χ1) is 16.2. The Kier molecular flexibility index (Phi) is 6.17. The second-order valence-corrected chi connectivity index (χ2v) is 8.44. The first kappa shape index (κ1) is 21.3. The number of piperidine rings is 1. The molecule has 0 unspecified atom stereocenters. The van der Waals surface area contributed by atoms with E-state index in [9.17, 15) is 4.39 Å². The molecule has 1 N–H and O–H groups in total. The quantitative estimate of drug-likeness (QED) is 0.458. The number of benzene rings is 2. The van der Waals surface area contributed by atoms with Gasteiger partial charge in [0.2, 0.25) is 0 Å². The highest BCUT2D eigenvalue weighted by Crippen LogP contribution is 2.23. The van der Waals surface area contributed by atoms with Gasteiger partial charge in [-0.15, -0.1) is 15.3 Å². The molecule has 1 aliphatic heterocycles. The van der Waals surface area contributed by atoms with E-state index >= 15 is 0 Å². The lowest BCUT2D eigenvalue weighted by molar-refractivity contribution is 0.182. The molecule has 170 valence electrons. The highest BCUT2D eigenvalue weighted by molar-refractivity contribution is 5.60. The Balaban J connectivity index is 1.18. The maximum atomic E-state index is 14.2. The Hall–Kier alpha value is -3.52. The van der Waals surface area contributed by atoms with Crippen LogP contribution in [-0.2, 0) is 6.54 Å². The molecule has 0 amide bonds. The zero-order valence-electron chi connectivity index (χ0n) is 18.6. The van der Waals surface area contributed by atoms with Crippen LogP contribution >= 0.6 is 0 Å². The third-order valence-electron chi connectivity index (χ3n) is 6.22. The first-order valence-electron chi connectivity index (χ1n) is 11.3. The van der Waals surface area contributed by atoms with Crippen molar-refractivity contribution in [3.05, 3.63) is 72.0 Å². The summed E-state index contributed by atoms with van der Waals surface area (Å²) in [5.74, 6) is 2.27. The fraction of sp³-hybridized carbons (Fsp3) is 0.320. The van der Waals surface area contributed by atoms with Crippen LogP contribution < -0.4 is 10.1 Å². The molecule has 7 nitrogen and oxygen atoms in total. The summed E-state index contributed by atoms with van der Waals surface area (Å²) < 4.78 is 21.1. The smallest absolute Gasteiger partial charge is 0.188 e. The van der Waals surface area contributed by atoms with E-state index in [0.717, 1.165) is 50.6 Å². The number of methoxy groups -OCH3 is 1. The average molecular weight is 447 g/mol. The fourth-order valence-corrected chi connectivity index (χ4v) is 4.28. The van der Waals surface area contributed by atoms with Crippen molar-refractivity contribution in [2.75, 3.05) is 32.1 Å². The van der Waals surface area contributed by atoms with E-state index in [1.54, 1.807) is 29.8 Å². The number of hydrogen-bond donors (Lipinski definition) is 1. The van der Waals surface area contributed by atoms with Crippen molar-refractivity contribution in [3.63, 3.8) is 0 Å². The highest BCUT2D eigenvalue weighted by atomic mass is 19.1. The molecule has 33 heavy (non-hydrogen) atoms. The summed E-state index contributed by atoms with van der Waals surface area (Å²) in [5, 5.41) is 16.3. The minimum absolute atomic E-state index is 0.339. The van der Waals surface area contributed by atoms with Gasteiger partial charge in [-0.3, -0.25) is 4.90 Å². The zero-order chi connectivity index (χ0) is 22.6. The molecule has 1 saturated heterocycles. The van der Waals surface area contributed by atoms with E-state index in [4.69, 9.17) is 4.74 Å². The average Bonchev–Trinajstić information content (AvgIpc) is 3.27. The molecule has 0 atom stereocenters. The number of fused-ring (bicyclic) bond motifs is 1. The predicted octanol–water partition coefficient (Wildman–Crippen LogP) is 4.26. The molecular weight excluding hydrogens is 419 g/mol. The number of hydrogen-bond acceptors (Lipinski definition) is 6. The number of aromatic nitrogens is 4. The molecule has 0 bridgehead atoms. The van der Waals surface area contributed by atoms with E-state index in [1.165, 1.54) is 11.6 Å². The van der Waals surface area contributed by atoms with Crippen molar-refractivity contribution >= 4 is 11.5 Å². The second-order valence-electron chi connectivity index (χ2n) is 8.44. The molecule has 1 fully saturated rings. The summed E-state index contributed by atoms with van der Waals surface area (Å²) >= 11 is 0. The van der Waals surface area contributed by atoms with E-state index in [0.29, 0.717) is 23.0 Å². The summed E-state index contributed by atoms with van der Waals surface area (Å²) in [6, 6.07) is 18.6. The number of likely N-dealkylation sites (tertiary alicyclic amines) is 1. The monoisotopic (exact) mass is 446 g/mol. The van der Waals surface area contributed by atoms with Gasteiger partial charge in [-0.25, -0.2) is 4.39 Å². The topological polar surface area (TPSA) is 67.6 Å². The number of rotatable bonds is 7. The standard InChI is InChI=1S/C25H27FN6O/c1-33-20-8-6-19(7-9-20)17-31-14-12-18(13-15-31)16-27-23-10-11-24-28-29-25(32(24)30-23)21-4-2-3-5-22(21)26/h2-11,18H,12-17H2,1H3,(H,27,30). The van der Waals surface area contributed by atoms with E-state index in [-0.39, 0.29) is 5.82 Å². The van der Waals surface area contributed by atoms with Gasteiger partial charge >= 0.3 is 0 Å². The molecule has 1 aliphatic rings. The Bertz CT molecular complexity index is 1220. The van der Waals surface area contributed by atoms with Gasteiger partial charge in [0.1, 0.15) is 17.4 Å². The molecule has 0 aliphatic carbocycles. The second kappa shape index (κ2) is 9.54. The van der Waals surface area contributed by atoms with Gasteiger partial charge in [0.15, 0.2) is 11.5 Å².